The molecule has 0 bridgehead atoms. The van der Waals surface area contributed by atoms with Gasteiger partial charge in [0.2, 0.25) is 0 Å². The van der Waals surface area contributed by atoms with Gasteiger partial charge in [-0.2, -0.15) is 0 Å². The molecule has 5 nitrogen and oxygen atoms in total. The Hall–Kier alpha value is -0.810. The minimum Gasteiger partial charge on any atom is -1.00 e. The lowest BCUT2D eigenvalue weighted by molar-refractivity contribution is -0.414. The van der Waals surface area contributed by atoms with Gasteiger partial charge in [0.05, 0.1) is 12.5 Å². The van der Waals surface area contributed by atoms with Crippen LogP contribution in [0, 0.1) is 29.6 Å². The van der Waals surface area contributed by atoms with E-state index in [2.05, 4.69) is 26.5 Å². The number of hydrogen-bond donors (Lipinski definition) is 1. The molecular weight excluding hydrogens is 330 g/mol. The summed E-state index contributed by atoms with van der Waals surface area (Å²) in [5.74, 6) is 0.949. The van der Waals surface area contributed by atoms with E-state index < -0.39 is 6.04 Å². The topological polar surface area (TPSA) is 80.2 Å². The highest BCUT2D eigenvalue weighted by molar-refractivity contribution is 5.80. The predicted octanol–water partition coefficient (Wildman–Crippen LogP) is -1.20. The van der Waals surface area contributed by atoms with Crippen molar-refractivity contribution in [3.63, 3.8) is 0 Å². The van der Waals surface area contributed by atoms with Crippen molar-refractivity contribution in [2.45, 2.75) is 65.5 Å². The van der Waals surface area contributed by atoms with Crippen LogP contribution in [0.4, 0.5) is 0 Å². The largest absolute Gasteiger partial charge is 1.00 e. The normalized spacial score (nSPS) is 33.3. The molecule has 2 aliphatic rings. The SMILES string of the molecule is CCOC(=O)[C@@H]([NH3+])[C@H]1C[C@@H]1C(=O)O[C@@H]1C[C@H](C)CC[C@H]1C(C)C.[Cl-]. The van der Waals surface area contributed by atoms with Crippen LogP contribution in [0.25, 0.3) is 0 Å². The number of rotatable bonds is 6. The Labute approximate surface area is 151 Å². The molecule has 0 amide bonds. The number of halogens is 1. The Bertz CT molecular complexity index is 443. The average molecular weight is 362 g/mol. The fraction of sp³-hybridized carbons (Fsp3) is 0.889. The van der Waals surface area contributed by atoms with Crippen molar-refractivity contribution >= 4 is 11.9 Å². The van der Waals surface area contributed by atoms with Gasteiger partial charge in [0, 0.05) is 5.92 Å². The smallest absolute Gasteiger partial charge is 0.365 e. The molecule has 0 aromatic heterocycles. The lowest BCUT2D eigenvalue weighted by Crippen LogP contribution is -3.00. The van der Waals surface area contributed by atoms with Crippen molar-refractivity contribution in [2.24, 2.45) is 29.6 Å². The maximum absolute atomic E-state index is 12.4. The molecular formula is C18H32ClNO4. The van der Waals surface area contributed by atoms with Crippen LogP contribution in [0.3, 0.4) is 0 Å². The first-order valence-electron chi connectivity index (χ1n) is 9.05. The van der Waals surface area contributed by atoms with Crippen molar-refractivity contribution in [1.29, 1.82) is 0 Å². The molecule has 2 rings (SSSR count). The van der Waals surface area contributed by atoms with Crippen molar-refractivity contribution in [3.8, 4) is 0 Å². The summed E-state index contributed by atoms with van der Waals surface area (Å²) in [7, 11) is 0. The molecule has 0 aliphatic heterocycles. The molecule has 6 atom stereocenters. The third kappa shape index (κ3) is 5.09. The average Bonchev–Trinajstić information content (AvgIpc) is 3.27. The molecule has 0 aromatic rings. The number of quaternary nitrogens is 1. The van der Waals surface area contributed by atoms with Gasteiger partial charge in [0.25, 0.3) is 0 Å². The van der Waals surface area contributed by atoms with Gasteiger partial charge < -0.3 is 27.6 Å². The molecule has 0 heterocycles. The summed E-state index contributed by atoms with van der Waals surface area (Å²) in [5.41, 5.74) is 3.87. The molecule has 0 aromatic carbocycles. The first-order chi connectivity index (χ1) is 10.8. The van der Waals surface area contributed by atoms with Gasteiger partial charge >= 0.3 is 11.9 Å². The quantitative estimate of drug-likeness (QED) is 0.603. The summed E-state index contributed by atoms with van der Waals surface area (Å²) in [6.07, 6.45) is 4.02. The number of ether oxygens (including phenoxy) is 2. The Kier molecular flexibility index (Phi) is 8.00. The summed E-state index contributed by atoms with van der Waals surface area (Å²) in [4.78, 5) is 24.2. The first kappa shape index (κ1) is 21.2. The third-order valence-electron chi connectivity index (χ3n) is 5.48. The van der Waals surface area contributed by atoms with Crippen LogP contribution in [0.1, 0.15) is 53.4 Å². The maximum Gasteiger partial charge on any atom is 0.365 e. The zero-order valence-corrected chi connectivity index (χ0v) is 16.1. The highest BCUT2D eigenvalue weighted by Gasteiger charge is 2.53. The van der Waals surface area contributed by atoms with Gasteiger partial charge in [-0.3, -0.25) is 4.79 Å². The van der Waals surface area contributed by atoms with Crippen LogP contribution in [-0.2, 0) is 19.1 Å². The molecule has 3 N–H and O–H groups in total. The fourth-order valence-electron chi connectivity index (χ4n) is 3.84. The molecule has 2 saturated carbocycles. The Balaban J connectivity index is 0.00000288. The summed E-state index contributed by atoms with van der Waals surface area (Å²) in [5, 5.41) is 0. The first-order valence-corrected chi connectivity index (χ1v) is 9.05. The lowest BCUT2D eigenvalue weighted by Gasteiger charge is -2.36. The monoisotopic (exact) mass is 361 g/mol. The van der Waals surface area contributed by atoms with Gasteiger partial charge in [-0.15, -0.1) is 0 Å². The number of carbonyl (C=O) groups excluding carboxylic acids is 2. The molecule has 24 heavy (non-hydrogen) atoms. The highest BCUT2D eigenvalue weighted by Crippen LogP contribution is 2.43. The van der Waals surface area contributed by atoms with Crippen LogP contribution < -0.4 is 18.1 Å². The molecule has 0 radical (unpaired) electrons. The second kappa shape index (κ2) is 9.04. The third-order valence-corrected chi connectivity index (χ3v) is 5.48. The van der Waals surface area contributed by atoms with Gasteiger partial charge in [0.15, 0.2) is 6.04 Å². The number of esters is 2. The fourth-order valence-corrected chi connectivity index (χ4v) is 3.84. The van der Waals surface area contributed by atoms with Crippen LogP contribution in [0.5, 0.6) is 0 Å². The van der Waals surface area contributed by atoms with Crippen LogP contribution >= 0.6 is 0 Å². The number of carbonyl (C=O) groups is 2. The van der Waals surface area contributed by atoms with E-state index in [0.717, 1.165) is 12.8 Å². The zero-order valence-electron chi connectivity index (χ0n) is 15.3. The second-order valence-electron chi connectivity index (χ2n) is 7.67. The van der Waals surface area contributed by atoms with Gasteiger partial charge in [-0.1, -0.05) is 27.2 Å². The zero-order chi connectivity index (χ0) is 17.1. The summed E-state index contributed by atoms with van der Waals surface area (Å²) < 4.78 is 10.9. The molecule has 2 fully saturated rings. The number of hydrogen-bond acceptors (Lipinski definition) is 4. The van der Waals surface area contributed by atoms with E-state index in [4.69, 9.17) is 9.47 Å². The van der Waals surface area contributed by atoms with Crippen molar-refractivity contribution < 1.29 is 37.2 Å². The van der Waals surface area contributed by atoms with Crippen LogP contribution in [-0.4, -0.2) is 30.7 Å². The molecule has 2 aliphatic carbocycles. The van der Waals surface area contributed by atoms with Crippen LogP contribution in [0.15, 0.2) is 0 Å². The molecule has 0 unspecified atom stereocenters. The minimum atomic E-state index is -0.460. The van der Waals surface area contributed by atoms with Crippen molar-refractivity contribution in [2.75, 3.05) is 6.61 Å². The van der Waals surface area contributed by atoms with E-state index in [9.17, 15) is 9.59 Å². The predicted molar refractivity (Wildman–Crippen MR) is 86.1 cm³/mol. The Morgan fingerprint density at radius 3 is 2.42 bits per heavy atom. The van der Waals surface area contributed by atoms with E-state index >= 15 is 0 Å². The van der Waals surface area contributed by atoms with Gasteiger partial charge in [-0.05, 0) is 43.9 Å². The molecule has 0 spiro atoms. The second-order valence-corrected chi connectivity index (χ2v) is 7.67. The summed E-state index contributed by atoms with van der Waals surface area (Å²) in [6.45, 7) is 8.76. The molecule has 6 heteroatoms. The maximum atomic E-state index is 12.4. The standard InChI is InChI=1S/C18H31NO4.ClH/c1-5-22-18(21)16(19)13-9-14(13)17(20)23-15-8-11(4)6-7-12(15)10(2)3;/h10-16H,5-9,19H2,1-4H3;1H/t11-,12+,13+,14+,15-,16+;/m1./s1. The van der Waals surface area contributed by atoms with Crippen molar-refractivity contribution in [3.05, 3.63) is 0 Å². The summed E-state index contributed by atoms with van der Waals surface area (Å²) >= 11 is 0. The molecule has 0 saturated heterocycles. The van der Waals surface area contributed by atoms with Crippen molar-refractivity contribution in [1.82, 2.24) is 0 Å². The Morgan fingerprint density at radius 1 is 1.17 bits per heavy atom. The van der Waals surface area contributed by atoms with E-state index in [1.165, 1.54) is 6.42 Å². The summed E-state index contributed by atoms with van der Waals surface area (Å²) in [6, 6.07) is -0.460. The van der Waals surface area contributed by atoms with E-state index in [1.54, 1.807) is 6.92 Å². The Morgan fingerprint density at radius 2 is 1.83 bits per heavy atom. The highest BCUT2D eigenvalue weighted by atomic mass is 35.5. The van der Waals surface area contributed by atoms with E-state index in [1.807, 2.05) is 0 Å². The van der Waals surface area contributed by atoms with Crippen LogP contribution in [0.2, 0.25) is 0 Å². The van der Waals surface area contributed by atoms with E-state index in [-0.39, 0.29) is 42.3 Å². The van der Waals surface area contributed by atoms with Gasteiger partial charge in [0.1, 0.15) is 6.10 Å². The lowest BCUT2D eigenvalue weighted by atomic mass is 9.75. The molecule has 140 valence electrons. The minimum absolute atomic E-state index is 0. The van der Waals surface area contributed by atoms with E-state index in [0.29, 0.717) is 30.8 Å². The van der Waals surface area contributed by atoms with Gasteiger partial charge in [-0.25, -0.2) is 4.79 Å².